The molecule has 0 aromatic heterocycles. The summed E-state index contributed by atoms with van der Waals surface area (Å²) in [4.78, 5) is 0. The summed E-state index contributed by atoms with van der Waals surface area (Å²) >= 11 is 9.24. The molecule has 2 rings (SSSR count). The lowest BCUT2D eigenvalue weighted by Gasteiger charge is -2.19. The van der Waals surface area contributed by atoms with Gasteiger partial charge < -0.3 is 4.74 Å². The van der Waals surface area contributed by atoms with E-state index in [0.717, 1.165) is 11.1 Å². The molecule has 3 nitrogen and oxygen atoms in total. The van der Waals surface area contributed by atoms with Crippen molar-refractivity contribution >= 4 is 27.5 Å². The molecule has 0 heterocycles. The monoisotopic (exact) mass is 372 g/mol. The van der Waals surface area contributed by atoms with Crippen LogP contribution in [0.3, 0.4) is 0 Å². The van der Waals surface area contributed by atoms with Gasteiger partial charge in [-0.2, -0.15) is 0 Å². The number of hydrazine groups is 1. The van der Waals surface area contributed by atoms with Gasteiger partial charge in [0.1, 0.15) is 11.6 Å². The molecule has 2 aromatic rings. The first-order valence-corrected chi connectivity index (χ1v) is 7.45. The van der Waals surface area contributed by atoms with Crippen LogP contribution >= 0.6 is 27.5 Å². The molecule has 0 bridgehead atoms. The maximum atomic E-state index is 13.5. The minimum Gasteiger partial charge on any atom is -0.496 e. The average Bonchev–Trinajstić information content (AvgIpc) is 2.44. The maximum Gasteiger partial charge on any atom is 0.125 e. The molecule has 0 aliphatic heterocycles. The van der Waals surface area contributed by atoms with Crippen molar-refractivity contribution in [2.75, 3.05) is 7.11 Å². The van der Waals surface area contributed by atoms with Gasteiger partial charge >= 0.3 is 0 Å². The van der Waals surface area contributed by atoms with Gasteiger partial charge in [0, 0.05) is 15.1 Å². The fourth-order valence-corrected chi connectivity index (χ4v) is 2.87. The highest BCUT2D eigenvalue weighted by molar-refractivity contribution is 9.10. The largest absolute Gasteiger partial charge is 0.496 e. The number of nitrogens with one attached hydrogen (secondary N) is 1. The Bertz CT molecular complexity index is 619. The first-order valence-electron chi connectivity index (χ1n) is 6.28. The lowest BCUT2D eigenvalue weighted by Crippen LogP contribution is -2.30. The van der Waals surface area contributed by atoms with Crippen LogP contribution in [-0.4, -0.2) is 7.11 Å². The smallest absolute Gasteiger partial charge is 0.125 e. The van der Waals surface area contributed by atoms with Crippen LogP contribution in [-0.2, 0) is 6.42 Å². The second-order valence-electron chi connectivity index (χ2n) is 4.59. The van der Waals surface area contributed by atoms with Gasteiger partial charge in [0.25, 0.3) is 0 Å². The Balaban J connectivity index is 2.31. The van der Waals surface area contributed by atoms with Crippen LogP contribution in [0.25, 0.3) is 0 Å². The highest BCUT2D eigenvalue weighted by atomic mass is 79.9. The van der Waals surface area contributed by atoms with Gasteiger partial charge in [0.2, 0.25) is 0 Å². The number of hydrogen-bond acceptors (Lipinski definition) is 3. The molecule has 6 heteroatoms. The lowest BCUT2D eigenvalue weighted by atomic mass is 9.98. The molecule has 0 aliphatic carbocycles. The van der Waals surface area contributed by atoms with Crippen LogP contribution in [0.2, 0.25) is 5.02 Å². The minimum absolute atomic E-state index is 0.217. The van der Waals surface area contributed by atoms with Crippen molar-refractivity contribution in [1.29, 1.82) is 0 Å². The molecule has 0 saturated carbocycles. The van der Waals surface area contributed by atoms with E-state index in [2.05, 4.69) is 21.4 Å². The number of hydrogen-bond donors (Lipinski definition) is 2. The van der Waals surface area contributed by atoms with Crippen molar-refractivity contribution in [1.82, 2.24) is 5.43 Å². The number of rotatable bonds is 5. The van der Waals surface area contributed by atoms with E-state index in [-0.39, 0.29) is 11.9 Å². The van der Waals surface area contributed by atoms with Crippen molar-refractivity contribution in [3.05, 3.63) is 62.8 Å². The van der Waals surface area contributed by atoms with E-state index in [9.17, 15) is 4.39 Å². The van der Waals surface area contributed by atoms with E-state index >= 15 is 0 Å². The molecule has 1 atom stereocenters. The highest BCUT2D eigenvalue weighted by Crippen LogP contribution is 2.30. The van der Waals surface area contributed by atoms with Crippen molar-refractivity contribution in [2.45, 2.75) is 12.5 Å². The van der Waals surface area contributed by atoms with Crippen LogP contribution in [0.15, 0.2) is 40.9 Å². The molecule has 0 aliphatic rings. The third-order valence-electron chi connectivity index (χ3n) is 3.13. The van der Waals surface area contributed by atoms with Crippen molar-refractivity contribution in [2.24, 2.45) is 5.84 Å². The van der Waals surface area contributed by atoms with Gasteiger partial charge in [0.05, 0.1) is 13.2 Å². The predicted molar refractivity (Wildman–Crippen MR) is 85.9 cm³/mol. The molecule has 1 unspecified atom stereocenters. The van der Waals surface area contributed by atoms with Crippen LogP contribution in [0.4, 0.5) is 4.39 Å². The van der Waals surface area contributed by atoms with Crippen LogP contribution < -0.4 is 16.0 Å². The normalized spacial score (nSPS) is 12.2. The summed E-state index contributed by atoms with van der Waals surface area (Å²) in [5.41, 5.74) is 4.43. The fraction of sp³-hybridized carbons (Fsp3) is 0.200. The quantitative estimate of drug-likeness (QED) is 0.615. The number of nitrogens with two attached hydrogens (primary N) is 1. The van der Waals surface area contributed by atoms with E-state index in [1.807, 2.05) is 12.1 Å². The summed E-state index contributed by atoms with van der Waals surface area (Å²) in [6.45, 7) is 0. The third kappa shape index (κ3) is 4.17. The first kappa shape index (κ1) is 16.2. The number of ether oxygens (including phenoxy) is 1. The van der Waals surface area contributed by atoms with Crippen molar-refractivity contribution in [3.63, 3.8) is 0 Å². The Labute approximate surface area is 136 Å². The number of methoxy groups -OCH3 is 1. The molecular weight excluding hydrogens is 359 g/mol. The molecule has 0 saturated heterocycles. The van der Waals surface area contributed by atoms with E-state index in [0.29, 0.717) is 21.7 Å². The van der Waals surface area contributed by atoms with E-state index in [1.54, 1.807) is 19.2 Å². The maximum absolute atomic E-state index is 13.5. The summed E-state index contributed by atoms with van der Waals surface area (Å²) in [7, 11) is 1.57. The van der Waals surface area contributed by atoms with E-state index < -0.39 is 0 Å². The average molecular weight is 374 g/mol. The zero-order valence-electron chi connectivity index (χ0n) is 11.4. The molecule has 2 aromatic carbocycles. The summed E-state index contributed by atoms with van der Waals surface area (Å²) in [5, 5.41) is 0.583. The van der Waals surface area contributed by atoms with Gasteiger partial charge in [-0.25, -0.2) is 4.39 Å². The molecule has 21 heavy (non-hydrogen) atoms. The van der Waals surface area contributed by atoms with Crippen LogP contribution in [0.5, 0.6) is 5.75 Å². The van der Waals surface area contributed by atoms with Gasteiger partial charge in [-0.3, -0.25) is 11.3 Å². The Morgan fingerprint density at radius 3 is 2.71 bits per heavy atom. The molecule has 0 amide bonds. The van der Waals surface area contributed by atoms with Gasteiger partial charge in [-0.15, -0.1) is 0 Å². The topological polar surface area (TPSA) is 47.3 Å². The zero-order valence-corrected chi connectivity index (χ0v) is 13.7. The van der Waals surface area contributed by atoms with E-state index in [4.69, 9.17) is 22.2 Å². The zero-order chi connectivity index (χ0) is 15.4. The molecule has 0 radical (unpaired) electrons. The van der Waals surface area contributed by atoms with Crippen molar-refractivity contribution in [3.8, 4) is 5.75 Å². The predicted octanol–water partition coefficient (Wildman–Crippen LogP) is 4.00. The summed E-state index contributed by atoms with van der Waals surface area (Å²) in [5.74, 6) is 5.99. The van der Waals surface area contributed by atoms with Gasteiger partial charge in [-0.05, 0) is 42.3 Å². The van der Waals surface area contributed by atoms with Crippen molar-refractivity contribution < 1.29 is 9.13 Å². The summed E-state index contributed by atoms with van der Waals surface area (Å²) < 4.78 is 19.5. The molecule has 0 spiro atoms. The van der Waals surface area contributed by atoms with Gasteiger partial charge in [-0.1, -0.05) is 33.6 Å². The lowest BCUT2D eigenvalue weighted by molar-refractivity contribution is 0.399. The molecule has 3 N–H and O–H groups in total. The SMILES string of the molecule is COc1cc(Cl)ccc1C(Cc1cc(F)cc(Br)c1)NN. The number of halogens is 3. The van der Waals surface area contributed by atoms with Crippen LogP contribution in [0, 0.1) is 5.82 Å². The highest BCUT2D eigenvalue weighted by Gasteiger charge is 2.16. The molecular formula is C15H15BrClFN2O. The minimum atomic E-state index is -0.293. The first-order chi connectivity index (χ1) is 10.0. The second kappa shape index (κ2) is 7.22. The molecule has 0 fully saturated rings. The number of benzene rings is 2. The Hall–Kier alpha value is -1.14. The third-order valence-corrected chi connectivity index (χ3v) is 3.83. The van der Waals surface area contributed by atoms with Gasteiger partial charge in [0.15, 0.2) is 0 Å². The Morgan fingerprint density at radius 1 is 1.33 bits per heavy atom. The van der Waals surface area contributed by atoms with E-state index in [1.165, 1.54) is 12.1 Å². The fourth-order valence-electron chi connectivity index (χ4n) is 2.20. The Kier molecular flexibility index (Phi) is 5.58. The molecule has 112 valence electrons. The Morgan fingerprint density at radius 2 is 2.10 bits per heavy atom. The van der Waals surface area contributed by atoms with Crippen LogP contribution in [0.1, 0.15) is 17.2 Å². The second-order valence-corrected chi connectivity index (χ2v) is 5.94. The summed E-state index contributed by atoms with van der Waals surface area (Å²) in [6.07, 6.45) is 0.519. The summed E-state index contributed by atoms with van der Waals surface area (Å²) in [6, 6.07) is 9.88. The standard InChI is InChI=1S/C15H15BrClFN2O/c1-21-15-8-11(17)2-3-13(15)14(20-19)6-9-4-10(16)7-12(18)5-9/h2-5,7-8,14,20H,6,19H2,1H3.